The molecule has 0 amide bonds. The van der Waals surface area contributed by atoms with Crippen molar-refractivity contribution in [2.24, 2.45) is 0 Å². The Morgan fingerprint density at radius 1 is 1.33 bits per heavy atom. The van der Waals surface area contributed by atoms with Crippen molar-refractivity contribution in [3.05, 3.63) is 29.8 Å². The second-order valence-corrected chi connectivity index (χ2v) is 3.76. The van der Waals surface area contributed by atoms with Gasteiger partial charge in [0.1, 0.15) is 5.75 Å². The number of likely N-dealkylation sites (N-methyl/N-ethyl adjacent to an activating group) is 1. The van der Waals surface area contributed by atoms with Crippen LogP contribution in [-0.4, -0.2) is 35.6 Å². The molecule has 0 saturated carbocycles. The lowest BCUT2D eigenvalue weighted by Gasteiger charge is -2.17. The molecule has 0 saturated heterocycles. The Kier molecular flexibility index (Phi) is 7.78. The van der Waals surface area contributed by atoms with Crippen LogP contribution in [0.25, 0.3) is 0 Å². The van der Waals surface area contributed by atoms with Gasteiger partial charge in [0.15, 0.2) is 0 Å². The van der Waals surface area contributed by atoms with Crippen LogP contribution in [0.2, 0.25) is 0 Å². The van der Waals surface area contributed by atoms with Gasteiger partial charge in [-0.15, -0.1) is 0 Å². The third-order valence-electron chi connectivity index (χ3n) is 2.08. The summed E-state index contributed by atoms with van der Waals surface area (Å²) >= 11 is 2.15. The third kappa shape index (κ3) is 5.99. The highest BCUT2D eigenvalue weighted by atomic mass is 127. The van der Waals surface area contributed by atoms with Crippen molar-refractivity contribution < 1.29 is 5.11 Å². The zero-order chi connectivity index (χ0) is 11.8. The number of hydrogen-bond acceptors (Lipinski definition) is 2. The number of phenolic OH excluding ortho intramolecular Hbond substituents is 1. The fraction of sp³-hybridized carbons (Fsp3) is 0.500. The summed E-state index contributed by atoms with van der Waals surface area (Å²) in [5.74, 6) is 0.810. The average Bonchev–Trinajstić information content (AvgIpc) is 2.20. The van der Waals surface area contributed by atoms with Crippen molar-refractivity contribution in [2.75, 3.05) is 25.6 Å². The van der Waals surface area contributed by atoms with E-state index in [1.54, 1.807) is 6.07 Å². The Balaban J connectivity index is 0.000000921. The third-order valence-corrected chi connectivity index (χ3v) is 2.08. The maximum atomic E-state index is 9.28. The highest BCUT2D eigenvalue weighted by Crippen LogP contribution is 2.19. The predicted octanol–water partition coefficient (Wildman–Crippen LogP) is 3.11. The van der Waals surface area contributed by atoms with Crippen molar-refractivity contribution in [2.45, 2.75) is 12.8 Å². The maximum absolute atomic E-state index is 9.28. The molecule has 0 aliphatic carbocycles. The van der Waals surface area contributed by atoms with Crippen LogP contribution in [0.3, 0.4) is 0 Å². The molecule has 0 aliphatic rings. The Morgan fingerprint density at radius 2 is 1.93 bits per heavy atom. The molecule has 0 heterocycles. The zero-order valence-corrected chi connectivity index (χ0v) is 12.0. The summed E-state index contributed by atoms with van der Waals surface area (Å²) < 4.78 is 0. The second-order valence-electron chi connectivity index (χ2n) is 3.76. The highest BCUT2D eigenvalue weighted by Gasteiger charge is 2.06. The molecule has 1 aromatic rings. The van der Waals surface area contributed by atoms with Gasteiger partial charge in [-0.1, -0.05) is 41.6 Å². The molecular weight excluding hydrogens is 301 g/mol. The molecule has 3 heteroatoms. The van der Waals surface area contributed by atoms with E-state index >= 15 is 0 Å². The molecule has 0 aromatic heterocycles. The van der Waals surface area contributed by atoms with Gasteiger partial charge in [-0.3, -0.25) is 0 Å². The summed E-state index contributed by atoms with van der Waals surface area (Å²) in [7, 11) is 4.11. The normalized spacial score (nSPS) is 11.9. The monoisotopic (exact) mass is 321 g/mol. The maximum Gasteiger partial charge on any atom is 0.115 e. The van der Waals surface area contributed by atoms with Gasteiger partial charge in [0.2, 0.25) is 0 Å². The number of nitrogens with zero attached hydrogens (tertiary/aromatic N) is 1. The molecule has 0 fully saturated rings. The van der Waals surface area contributed by atoms with Crippen LogP contribution in [0, 0.1) is 0 Å². The van der Waals surface area contributed by atoms with E-state index in [4.69, 9.17) is 0 Å². The van der Waals surface area contributed by atoms with Crippen molar-refractivity contribution in [1.29, 1.82) is 0 Å². The molecule has 0 aliphatic heterocycles. The molecule has 1 unspecified atom stereocenters. The molecule has 0 spiro atoms. The topological polar surface area (TPSA) is 23.5 Å². The molecule has 1 aromatic carbocycles. The number of rotatable bonds is 3. The SMILES string of the molecule is CC(CN(C)C)c1cccc(O)c1.CI. The first kappa shape index (κ1) is 14.7. The molecule has 0 radical (unpaired) electrons. The van der Waals surface area contributed by atoms with E-state index in [0.717, 1.165) is 6.54 Å². The van der Waals surface area contributed by atoms with Crippen LogP contribution in [0.15, 0.2) is 24.3 Å². The first-order chi connectivity index (χ1) is 7.09. The van der Waals surface area contributed by atoms with Crippen LogP contribution in [0.5, 0.6) is 5.75 Å². The number of aromatic hydroxyl groups is 1. The molecule has 1 rings (SSSR count). The Labute approximate surface area is 106 Å². The first-order valence-corrected chi connectivity index (χ1v) is 7.07. The fourth-order valence-corrected chi connectivity index (χ4v) is 1.48. The molecule has 0 bridgehead atoms. The molecule has 86 valence electrons. The highest BCUT2D eigenvalue weighted by molar-refractivity contribution is 14.1. The van der Waals surface area contributed by atoms with Crippen LogP contribution >= 0.6 is 22.6 Å². The van der Waals surface area contributed by atoms with E-state index in [9.17, 15) is 5.11 Å². The number of alkyl halides is 1. The lowest BCUT2D eigenvalue weighted by Crippen LogP contribution is -2.18. The molecule has 1 N–H and O–H groups in total. The van der Waals surface area contributed by atoms with Crippen molar-refractivity contribution in [1.82, 2.24) is 4.90 Å². The van der Waals surface area contributed by atoms with Gasteiger partial charge < -0.3 is 10.0 Å². The average molecular weight is 321 g/mol. The van der Waals surface area contributed by atoms with Gasteiger partial charge >= 0.3 is 0 Å². The van der Waals surface area contributed by atoms with E-state index < -0.39 is 0 Å². The molecule has 15 heavy (non-hydrogen) atoms. The Bertz CT molecular complexity index is 276. The van der Waals surface area contributed by atoms with E-state index in [0.29, 0.717) is 11.7 Å². The zero-order valence-electron chi connectivity index (χ0n) is 9.87. The van der Waals surface area contributed by atoms with Crippen LogP contribution in [-0.2, 0) is 0 Å². The van der Waals surface area contributed by atoms with E-state index in [2.05, 4.69) is 48.5 Å². The van der Waals surface area contributed by atoms with E-state index in [1.807, 2.05) is 23.1 Å². The van der Waals surface area contributed by atoms with Crippen molar-refractivity contribution in [3.8, 4) is 5.75 Å². The lowest BCUT2D eigenvalue weighted by atomic mass is 10.0. The quantitative estimate of drug-likeness (QED) is 0.683. The van der Waals surface area contributed by atoms with Gasteiger partial charge in [0.25, 0.3) is 0 Å². The summed E-state index contributed by atoms with van der Waals surface area (Å²) in [4.78, 5) is 4.12. The number of benzene rings is 1. The van der Waals surface area contributed by atoms with Gasteiger partial charge in [0.05, 0.1) is 0 Å². The minimum Gasteiger partial charge on any atom is -0.508 e. The number of phenols is 1. The largest absolute Gasteiger partial charge is 0.508 e. The molecular formula is C12H20INO. The minimum absolute atomic E-state index is 0.350. The second kappa shape index (κ2) is 7.93. The molecule has 1 atom stereocenters. The van der Waals surface area contributed by atoms with Gasteiger partial charge in [0, 0.05) is 6.54 Å². The van der Waals surface area contributed by atoms with Gasteiger partial charge in [-0.05, 0) is 42.6 Å². The van der Waals surface area contributed by atoms with Crippen molar-refractivity contribution >= 4 is 22.6 Å². The Hall–Kier alpha value is -0.290. The van der Waals surface area contributed by atoms with Crippen LogP contribution in [0.4, 0.5) is 0 Å². The van der Waals surface area contributed by atoms with Gasteiger partial charge in [-0.2, -0.15) is 0 Å². The summed E-state index contributed by atoms with van der Waals surface area (Å²) in [5.41, 5.74) is 1.19. The van der Waals surface area contributed by atoms with E-state index in [-0.39, 0.29) is 0 Å². The standard InChI is InChI=1S/C11H17NO.CH3I/c1-9(8-12(2)3)10-5-4-6-11(13)7-10;1-2/h4-7,9,13H,8H2,1-3H3;1H3. The summed E-state index contributed by atoms with van der Waals surface area (Å²) in [6.07, 6.45) is 0. The Morgan fingerprint density at radius 3 is 2.40 bits per heavy atom. The summed E-state index contributed by atoms with van der Waals surface area (Å²) in [5, 5.41) is 9.28. The lowest BCUT2D eigenvalue weighted by molar-refractivity contribution is 0.382. The van der Waals surface area contributed by atoms with Crippen LogP contribution < -0.4 is 0 Å². The summed E-state index contributed by atoms with van der Waals surface area (Å²) in [6, 6.07) is 7.46. The minimum atomic E-state index is 0.350. The van der Waals surface area contributed by atoms with Crippen molar-refractivity contribution in [3.63, 3.8) is 0 Å². The van der Waals surface area contributed by atoms with Gasteiger partial charge in [-0.25, -0.2) is 0 Å². The predicted molar refractivity (Wildman–Crippen MR) is 75.0 cm³/mol. The summed E-state index contributed by atoms with van der Waals surface area (Å²) in [6.45, 7) is 3.16. The number of hydrogen-bond donors (Lipinski definition) is 1. The number of halogens is 1. The smallest absolute Gasteiger partial charge is 0.115 e. The molecule has 2 nitrogen and oxygen atoms in total. The van der Waals surface area contributed by atoms with Crippen LogP contribution in [0.1, 0.15) is 18.4 Å². The van der Waals surface area contributed by atoms with E-state index in [1.165, 1.54) is 5.56 Å². The first-order valence-electron chi connectivity index (χ1n) is 4.91. The fourth-order valence-electron chi connectivity index (χ4n) is 1.48.